The number of rotatable bonds is 2. The van der Waals surface area contributed by atoms with Crippen molar-refractivity contribution in [3.05, 3.63) is 34.6 Å². The first-order valence-electron chi connectivity index (χ1n) is 5.83. The van der Waals surface area contributed by atoms with E-state index >= 15 is 0 Å². The van der Waals surface area contributed by atoms with Gasteiger partial charge >= 0.3 is 0 Å². The van der Waals surface area contributed by atoms with Gasteiger partial charge in [0.15, 0.2) is 5.76 Å². The van der Waals surface area contributed by atoms with Gasteiger partial charge in [-0.25, -0.2) is 0 Å². The highest BCUT2D eigenvalue weighted by atomic mass is 32.1. The lowest BCUT2D eigenvalue weighted by Gasteiger charge is -1.98. The Kier molecular flexibility index (Phi) is 2.79. The Morgan fingerprint density at radius 2 is 2.37 bits per heavy atom. The topological polar surface area (TPSA) is 63.5 Å². The summed E-state index contributed by atoms with van der Waals surface area (Å²) in [6.45, 7) is 2.45. The van der Waals surface area contributed by atoms with Crippen molar-refractivity contribution in [3.63, 3.8) is 0 Å². The van der Waals surface area contributed by atoms with Crippen molar-refractivity contribution in [2.45, 2.75) is 13.5 Å². The van der Waals surface area contributed by atoms with Gasteiger partial charge in [-0.3, -0.25) is 14.5 Å². The minimum Gasteiger partial charge on any atom is -0.492 e. The summed E-state index contributed by atoms with van der Waals surface area (Å²) >= 11 is 5.04. The first kappa shape index (κ1) is 11.9. The van der Waals surface area contributed by atoms with Crippen LogP contribution in [0.15, 0.2) is 27.9 Å². The molecule has 3 heterocycles. The van der Waals surface area contributed by atoms with Gasteiger partial charge < -0.3 is 9.52 Å². The zero-order chi connectivity index (χ0) is 13.4. The van der Waals surface area contributed by atoms with Gasteiger partial charge in [0.05, 0.1) is 11.9 Å². The van der Waals surface area contributed by atoms with Crippen LogP contribution in [0.25, 0.3) is 11.6 Å². The third-order valence-corrected chi connectivity index (χ3v) is 3.25. The molecule has 0 fully saturated rings. The molecule has 0 saturated carbocycles. The lowest BCUT2D eigenvalue weighted by atomic mass is 10.1. The Morgan fingerprint density at radius 3 is 3.11 bits per heavy atom. The van der Waals surface area contributed by atoms with Crippen LogP contribution in [0.4, 0.5) is 5.69 Å². The number of hydrogen-bond donors (Lipinski definition) is 1. The fourth-order valence-corrected chi connectivity index (χ4v) is 2.29. The van der Waals surface area contributed by atoms with E-state index in [4.69, 9.17) is 16.6 Å². The first-order valence-corrected chi connectivity index (χ1v) is 6.24. The van der Waals surface area contributed by atoms with Crippen LogP contribution in [0, 0.1) is 4.84 Å². The van der Waals surface area contributed by atoms with Gasteiger partial charge in [-0.05, 0) is 31.3 Å². The highest BCUT2D eigenvalue weighted by molar-refractivity contribution is 7.71. The summed E-state index contributed by atoms with van der Waals surface area (Å²) in [4.78, 5) is 8.52. The minimum absolute atomic E-state index is 0.0379. The van der Waals surface area contributed by atoms with Gasteiger partial charge in [0.25, 0.3) is 4.84 Å². The monoisotopic (exact) mass is 273 g/mol. The Balaban J connectivity index is 2.10. The molecule has 0 radical (unpaired) electrons. The molecule has 0 aliphatic carbocycles. The lowest BCUT2D eigenvalue weighted by molar-refractivity contribution is 0.419. The van der Waals surface area contributed by atoms with E-state index in [-0.39, 0.29) is 10.7 Å². The van der Waals surface area contributed by atoms with Gasteiger partial charge in [-0.15, -0.1) is 0 Å². The van der Waals surface area contributed by atoms with Crippen LogP contribution < -0.4 is 0 Å². The van der Waals surface area contributed by atoms with E-state index in [1.165, 1.54) is 4.57 Å². The molecule has 0 atom stereocenters. The largest absolute Gasteiger partial charge is 0.492 e. The number of pyridine rings is 1. The number of aromatic nitrogens is 2. The Labute approximate surface area is 114 Å². The summed E-state index contributed by atoms with van der Waals surface area (Å²) in [6, 6.07) is 1.87. The number of allylic oxidation sites excluding steroid dienone is 1. The van der Waals surface area contributed by atoms with Crippen LogP contribution in [0.3, 0.4) is 0 Å². The molecule has 5 nitrogen and oxygen atoms in total. The molecule has 96 valence electrons. The highest BCUT2D eigenvalue weighted by Crippen LogP contribution is 2.33. The number of aliphatic imine (C=N–C) groups is 1. The SMILES string of the molecule is CCn1c(O)c(C=C2C=Nc3cnccc32)oc1=S. The van der Waals surface area contributed by atoms with E-state index in [0.29, 0.717) is 12.3 Å². The van der Waals surface area contributed by atoms with Crippen LogP contribution >= 0.6 is 12.2 Å². The van der Waals surface area contributed by atoms with E-state index in [1.807, 2.05) is 13.0 Å². The van der Waals surface area contributed by atoms with Gasteiger partial charge in [0.2, 0.25) is 5.88 Å². The third kappa shape index (κ3) is 1.90. The molecule has 1 N–H and O–H groups in total. The summed E-state index contributed by atoms with van der Waals surface area (Å²) in [5.74, 6) is 0.383. The summed E-state index contributed by atoms with van der Waals surface area (Å²) in [5, 5.41) is 10.0. The fourth-order valence-electron chi connectivity index (χ4n) is 1.99. The van der Waals surface area contributed by atoms with E-state index in [1.54, 1.807) is 24.7 Å². The second kappa shape index (κ2) is 4.47. The Hall–Kier alpha value is -2.21. The van der Waals surface area contributed by atoms with Crippen LogP contribution in [0.2, 0.25) is 0 Å². The minimum atomic E-state index is 0.0379. The third-order valence-electron chi connectivity index (χ3n) is 2.95. The second-order valence-electron chi connectivity index (χ2n) is 4.05. The molecular weight excluding hydrogens is 262 g/mol. The van der Waals surface area contributed by atoms with Crippen molar-refractivity contribution in [2.75, 3.05) is 0 Å². The van der Waals surface area contributed by atoms with Crippen molar-refractivity contribution in [1.29, 1.82) is 0 Å². The first-order chi connectivity index (χ1) is 9.20. The normalized spacial score (nSPS) is 15.1. The molecule has 0 saturated heterocycles. The van der Waals surface area contributed by atoms with Crippen molar-refractivity contribution < 1.29 is 9.52 Å². The number of oxazole rings is 1. The van der Waals surface area contributed by atoms with E-state index in [0.717, 1.165) is 16.8 Å². The van der Waals surface area contributed by atoms with E-state index in [2.05, 4.69) is 9.98 Å². The number of hydrogen-bond acceptors (Lipinski definition) is 5. The predicted octanol–water partition coefficient (Wildman–Crippen LogP) is 3.19. The van der Waals surface area contributed by atoms with Crippen LogP contribution in [0.1, 0.15) is 18.2 Å². The average Bonchev–Trinajstić information content (AvgIpc) is 2.93. The van der Waals surface area contributed by atoms with E-state index in [9.17, 15) is 5.11 Å². The molecular formula is C13H11N3O2S. The van der Waals surface area contributed by atoms with Crippen molar-refractivity contribution in [3.8, 4) is 5.88 Å². The molecule has 0 aromatic carbocycles. The molecule has 0 unspecified atom stereocenters. The van der Waals surface area contributed by atoms with Crippen LogP contribution in [-0.4, -0.2) is 20.9 Å². The summed E-state index contributed by atoms with van der Waals surface area (Å²) in [6.07, 6.45) is 6.84. The Bertz CT molecular complexity index is 755. The number of fused-ring (bicyclic) bond motifs is 1. The fraction of sp³-hybridized carbons (Fsp3) is 0.154. The smallest absolute Gasteiger partial charge is 0.272 e. The number of aromatic hydroxyl groups is 1. The van der Waals surface area contributed by atoms with Crippen molar-refractivity contribution in [1.82, 2.24) is 9.55 Å². The molecule has 19 heavy (non-hydrogen) atoms. The zero-order valence-corrected chi connectivity index (χ0v) is 11.0. The quantitative estimate of drug-likeness (QED) is 0.853. The molecule has 2 aromatic heterocycles. The molecule has 3 rings (SSSR count). The molecule has 0 bridgehead atoms. The molecule has 0 spiro atoms. The maximum Gasteiger partial charge on any atom is 0.272 e. The Morgan fingerprint density at radius 1 is 1.53 bits per heavy atom. The van der Waals surface area contributed by atoms with Gasteiger partial charge in [-0.1, -0.05) is 0 Å². The summed E-state index contributed by atoms with van der Waals surface area (Å²) in [7, 11) is 0. The maximum atomic E-state index is 10.0. The number of nitrogens with zero attached hydrogens (tertiary/aromatic N) is 3. The van der Waals surface area contributed by atoms with Gasteiger partial charge in [0, 0.05) is 30.1 Å². The molecule has 1 aliphatic heterocycles. The lowest BCUT2D eigenvalue weighted by Crippen LogP contribution is -1.91. The summed E-state index contributed by atoms with van der Waals surface area (Å²) < 4.78 is 6.92. The molecule has 6 heteroatoms. The standard InChI is InChI=1S/C13H11N3O2S/c1-2-16-12(17)11(18-13(16)19)5-8-6-15-10-7-14-4-3-9(8)10/h3-7,17H,2H2,1H3. The van der Waals surface area contributed by atoms with Crippen molar-refractivity contribution >= 4 is 35.8 Å². The van der Waals surface area contributed by atoms with Gasteiger partial charge in [-0.2, -0.15) is 0 Å². The molecule has 2 aromatic rings. The molecule has 1 aliphatic rings. The van der Waals surface area contributed by atoms with Crippen LogP contribution in [-0.2, 0) is 6.54 Å². The van der Waals surface area contributed by atoms with Crippen molar-refractivity contribution in [2.24, 2.45) is 4.99 Å². The molecule has 0 amide bonds. The van der Waals surface area contributed by atoms with Gasteiger partial charge in [0.1, 0.15) is 0 Å². The maximum absolute atomic E-state index is 10.0. The second-order valence-corrected chi connectivity index (χ2v) is 4.40. The van der Waals surface area contributed by atoms with E-state index < -0.39 is 0 Å². The summed E-state index contributed by atoms with van der Waals surface area (Å²) in [5.41, 5.74) is 2.63. The average molecular weight is 273 g/mol. The van der Waals surface area contributed by atoms with Crippen LogP contribution in [0.5, 0.6) is 5.88 Å². The predicted molar refractivity (Wildman–Crippen MR) is 75.1 cm³/mol. The highest BCUT2D eigenvalue weighted by Gasteiger charge is 2.15. The zero-order valence-electron chi connectivity index (χ0n) is 10.2.